The van der Waals surface area contributed by atoms with Crippen LogP contribution < -0.4 is 10.4 Å². The number of benzene rings is 2. The fraction of sp³-hybridized carbons (Fsp3) is 0.316. The summed E-state index contributed by atoms with van der Waals surface area (Å²) in [5.41, 5.74) is 5.74. The van der Waals surface area contributed by atoms with Gasteiger partial charge in [-0.25, -0.2) is 5.48 Å². The van der Waals surface area contributed by atoms with Gasteiger partial charge in [-0.2, -0.15) is 0 Å². The van der Waals surface area contributed by atoms with E-state index in [9.17, 15) is 4.79 Å². The molecule has 1 saturated heterocycles. The van der Waals surface area contributed by atoms with Gasteiger partial charge in [-0.05, 0) is 30.2 Å². The summed E-state index contributed by atoms with van der Waals surface area (Å²) < 4.78 is 5.37. The van der Waals surface area contributed by atoms with Gasteiger partial charge in [0.2, 0.25) is 0 Å². The smallest absolute Gasteiger partial charge is 0.255 e. The molecule has 5 heteroatoms. The number of rotatable bonds is 4. The van der Waals surface area contributed by atoms with Crippen LogP contribution in [0.1, 0.15) is 22.6 Å². The Morgan fingerprint density at radius 1 is 1.04 bits per heavy atom. The van der Waals surface area contributed by atoms with Gasteiger partial charge in [0.15, 0.2) is 0 Å². The number of amides is 1. The van der Waals surface area contributed by atoms with Crippen LogP contribution in [0.2, 0.25) is 0 Å². The highest BCUT2D eigenvalue weighted by Crippen LogP contribution is 2.27. The van der Waals surface area contributed by atoms with Crippen molar-refractivity contribution in [1.29, 1.82) is 0 Å². The average molecular weight is 326 g/mol. The zero-order valence-corrected chi connectivity index (χ0v) is 13.7. The molecule has 2 aromatic carbocycles. The third kappa shape index (κ3) is 3.58. The number of hydrogen-bond donors (Lipinski definition) is 2. The molecule has 126 valence electrons. The molecular formula is C19H22N2O3. The van der Waals surface area contributed by atoms with E-state index in [1.807, 2.05) is 55.5 Å². The lowest BCUT2D eigenvalue weighted by atomic mass is 9.90. The first-order valence-electron chi connectivity index (χ1n) is 8.12. The van der Waals surface area contributed by atoms with Crippen molar-refractivity contribution in [3.63, 3.8) is 0 Å². The fourth-order valence-corrected chi connectivity index (χ4v) is 3.02. The van der Waals surface area contributed by atoms with Crippen LogP contribution in [0.3, 0.4) is 0 Å². The van der Waals surface area contributed by atoms with Gasteiger partial charge in [0, 0.05) is 18.8 Å². The Bertz CT molecular complexity index is 677. The van der Waals surface area contributed by atoms with Crippen molar-refractivity contribution in [2.24, 2.45) is 0 Å². The Hall–Kier alpha value is -2.37. The van der Waals surface area contributed by atoms with E-state index in [1.165, 1.54) is 0 Å². The van der Waals surface area contributed by atoms with Crippen molar-refractivity contribution >= 4 is 11.6 Å². The minimum absolute atomic E-state index is 0.432. The molecule has 3 rings (SSSR count). The Morgan fingerprint density at radius 2 is 1.58 bits per heavy atom. The molecule has 2 N–H and O–H groups in total. The van der Waals surface area contributed by atoms with Gasteiger partial charge >= 0.3 is 0 Å². The Morgan fingerprint density at radius 3 is 2.12 bits per heavy atom. The van der Waals surface area contributed by atoms with Crippen LogP contribution in [-0.4, -0.2) is 37.4 Å². The zero-order chi connectivity index (χ0) is 16.9. The summed E-state index contributed by atoms with van der Waals surface area (Å²) in [5, 5.41) is 9.12. The van der Waals surface area contributed by atoms with Crippen molar-refractivity contribution in [2.45, 2.75) is 12.8 Å². The Kier molecular flexibility index (Phi) is 5.13. The molecule has 2 aromatic rings. The predicted molar refractivity (Wildman–Crippen MR) is 92.4 cm³/mol. The average Bonchev–Trinajstić information content (AvgIpc) is 2.64. The van der Waals surface area contributed by atoms with E-state index < -0.39 is 11.8 Å². The highest BCUT2D eigenvalue weighted by atomic mass is 16.5. The maximum atomic E-state index is 12.2. The van der Waals surface area contributed by atoms with E-state index in [1.54, 1.807) is 5.48 Å². The van der Waals surface area contributed by atoms with Gasteiger partial charge in [0.05, 0.1) is 19.1 Å². The van der Waals surface area contributed by atoms with E-state index in [-0.39, 0.29) is 0 Å². The maximum Gasteiger partial charge on any atom is 0.255 e. The third-order valence-corrected chi connectivity index (χ3v) is 4.39. The van der Waals surface area contributed by atoms with Crippen molar-refractivity contribution in [2.75, 3.05) is 31.2 Å². The summed E-state index contributed by atoms with van der Waals surface area (Å²) in [6.45, 7) is 5.22. The molecule has 0 spiro atoms. The number of nitrogens with one attached hydrogen (secondary N) is 1. The molecule has 24 heavy (non-hydrogen) atoms. The number of hydrogen-bond acceptors (Lipinski definition) is 4. The van der Waals surface area contributed by atoms with Crippen LogP contribution in [0.15, 0.2) is 48.5 Å². The number of anilines is 1. The monoisotopic (exact) mass is 326 g/mol. The number of hydroxylamine groups is 1. The Labute approximate surface area is 141 Å². The van der Waals surface area contributed by atoms with Crippen LogP contribution in [0.4, 0.5) is 5.69 Å². The van der Waals surface area contributed by atoms with E-state index in [0.29, 0.717) is 0 Å². The molecule has 0 saturated carbocycles. The largest absolute Gasteiger partial charge is 0.378 e. The molecule has 0 radical (unpaired) electrons. The molecule has 1 fully saturated rings. The summed E-state index contributed by atoms with van der Waals surface area (Å²) in [6.07, 6.45) is 0. The van der Waals surface area contributed by atoms with E-state index in [4.69, 9.17) is 9.94 Å². The molecule has 1 unspecified atom stereocenters. The van der Waals surface area contributed by atoms with Crippen LogP contribution >= 0.6 is 0 Å². The van der Waals surface area contributed by atoms with Crippen molar-refractivity contribution in [3.8, 4) is 0 Å². The summed E-state index contributed by atoms with van der Waals surface area (Å²) in [4.78, 5) is 14.5. The molecule has 1 atom stereocenters. The Balaban J connectivity index is 1.87. The van der Waals surface area contributed by atoms with Crippen molar-refractivity contribution < 1.29 is 14.7 Å². The maximum absolute atomic E-state index is 12.2. The SMILES string of the molecule is Cc1ccc(C(C(=O)NO)c2ccc(N3CCOCC3)cc2)cc1. The van der Waals surface area contributed by atoms with Gasteiger partial charge in [0.1, 0.15) is 0 Å². The topological polar surface area (TPSA) is 61.8 Å². The number of ether oxygens (including phenoxy) is 1. The fourth-order valence-electron chi connectivity index (χ4n) is 3.02. The number of morpholine rings is 1. The molecule has 5 nitrogen and oxygen atoms in total. The van der Waals surface area contributed by atoms with Crippen LogP contribution in [0.25, 0.3) is 0 Å². The first kappa shape index (κ1) is 16.5. The second-order valence-electron chi connectivity index (χ2n) is 6.01. The number of aryl methyl sites for hydroxylation is 1. The molecule has 1 aliphatic rings. The number of carbonyl (C=O) groups is 1. The third-order valence-electron chi connectivity index (χ3n) is 4.39. The van der Waals surface area contributed by atoms with Gasteiger partial charge in [-0.1, -0.05) is 42.0 Å². The van der Waals surface area contributed by atoms with E-state index in [0.717, 1.165) is 48.7 Å². The van der Waals surface area contributed by atoms with Gasteiger partial charge in [-0.15, -0.1) is 0 Å². The first-order valence-corrected chi connectivity index (χ1v) is 8.12. The van der Waals surface area contributed by atoms with Crippen LogP contribution in [0, 0.1) is 6.92 Å². The van der Waals surface area contributed by atoms with Crippen molar-refractivity contribution in [1.82, 2.24) is 5.48 Å². The van der Waals surface area contributed by atoms with E-state index >= 15 is 0 Å². The summed E-state index contributed by atoms with van der Waals surface area (Å²) >= 11 is 0. The molecular weight excluding hydrogens is 304 g/mol. The van der Waals surface area contributed by atoms with Gasteiger partial charge in [0.25, 0.3) is 5.91 Å². The minimum Gasteiger partial charge on any atom is -0.378 e. The number of nitrogens with zero attached hydrogens (tertiary/aromatic N) is 1. The first-order chi connectivity index (χ1) is 11.7. The standard InChI is InChI=1S/C19H22N2O3/c1-14-2-4-15(5-3-14)18(19(22)20-23)16-6-8-17(9-7-16)21-10-12-24-13-11-21/h2-9,18,23H,10-13H2,1H3,(H,20,22). The lowest BCUT2D eigenvalue weighted by molar-refractivity contribution is -0.129. The molecule has 1 heterocycles. The second kappa shape index (κ2) is 7.47. The minimum atomic E-state index is -0.533. The summed E-state index contributed by atoms with van der Waals surface area (Å²) in [7, 11) is 0. The summed E-state index contributed by atoms with van der Waals surface area (Å²) in [6, 6.07) is 15.7. The second-order valence-corrected chi connectivity index (χ2v) is 6.01. The van der Waals surface area contributed by atoms with Crippen LogP contribution in [-0.2, 0) is 9.53 Å². The molecule has 0 aromatic heterocycles. The lowest BCUT2D eigenvalue weighted by Crippen LogP contribution is -2.36. The number of carbonyl (C=O) groups excluding carboxylic acids is 1. The van der Waals surface area contributed by atoms with Gasteiger partial charge < -0.3 is 9.64 Å². The molecule has 1 aliphatic heterocycles. The highest BCUT2D eigenvalue weighted by Gasteiger charge is 2.22. The highest BCUT2D eigenvalue weighted by molar-refractivity contribution is 5.86. The quantitative estimate of drug-likeness (QED) is 0.669. The van der Waals surface area contributed by atoms with Crippen molar-refractivity contribution in [3.05, 3.63) is 65.2 Å². The predicted octanol–water partition coefficient (Wildman–Crippen LogP) is 2.47. The molecule has 0 aliphatic carbocycles. The zero-order valence-electron chi connectivity index (χ0n) is 13.7. The van der Waals surface area contributed by atoms with Gasteiger partial charge in [-0.3, -0.25) is 10.0 Å². The lowest BCUT2D eigenvalue weighted by Gasteiger charge is -2.29. The molecule has 0 bridgehead atoms. The van der Waals surface area contributed by atoms with Crippen LogP contribution in [0.5, 0.6) is 0 Å². The summed E-state index contributed by atoms with van der Waals surface area (Å²) in [5.74, 6) is -0.965. The molecule has 1 amide bonds. The van der Waals surface area contributed by atoms with E-state index in [2.05, 4.69) is 4.90 Å². The normalized spacial score (nSPS) is 15.8.